The lowest BCUT2D eigenvalue weighted by atomic mass is 10.1. The van der Waals surface area contributed by atoms with Crippen molar-refractivity contribution in [3.63, 3.8) is 0 Å². The summed E-state index contributed by atoms with van der Waals surface area (Å²) in [5, 5.41) is 2.81. The van der Waals surface area contributed by atoms with Gasteiger partial charge in [-0.1, -0.05) is 15.9 Å². The van der Waals surface area contributed by atoms with Crippen LogP contribution in [0.3, 0.4) is 0 Å². The molecule has 1 unspecified atom stereocenters. The van der Waals surface area contributed by atoms with Gasteiger partial charge in [-0.25, -0.2) is 0 Å². The third kappa shape index (κ3) is 3.84. The Kier molecular flexibility index (Phi) is 4.61. The van der Waals surface area contributed by atoms with Crippen molar-refractivity contribution in [3.05, 3.63) is 33.8 Å². The predicted octanol–water partition coefficient (Wildman–Crippen LogP) is 3.11. The van der Waals surface area contributed by atoms with Crippen LogP contribution in [0.4, 0.5) is 0 Å². The lowest BCUT2D eigenvalue weighted by Gasteiger charge is -2.11. The SMILES string of the molecule is Cc1cc(Br)cc(C(=O)NC(C)CCl)c1. The molecule has 0 saturated carbocycles. The summed E-state index contributed by atoms with van der Waals surface area (Å²) in [5.74, 6) is 0.325. The van der Waals surface area contributed by atoms with Crippen LogP contribution in [0.2, 0.25) is 0 Å². The second kappa shape index (κ2) is 5.52. The number of hydrogen-bond donors (Lipinski definition) is 1. The van der Waals surface area contributed by atoms with Crippen LogP contribution >= 0.6 is 27.5 Å². The molecule has 0 fully saturated rings. The fraction of sp³-hybridized carbons (Fsp3) is 0.364. The van der Waals surface area contributed by atoms with Crippen molar-refractivity contribution < 1.29 is 4.79 Å². The van der Waals surface area contributed by atoms with E-state index in [1.807, 2.05) is 26.0 Å². The maximum absolute atomic E-state index is 11.7. The Hall–Kier alpha value is -0.540. The summed E-state index contributed by atoms with van der Waals surface area (Å²) in [4.78, 5) is 11.7. The van der Waals surface area contributed by atoms with Crippen LogP contribution in [0.15, 0.2) is 22.7 Å². The monoisotopic (exact) mass is 289 g/mol. The molecular weight excluding hydrogens is 277 g/mol. The van der Waals surface area contributed by atoms with Crippen LogP contribution in [0.25, 0.3) is 0 Å². The van der Waals surface area contributed by atoms with E-state index in [-0.39, 0.29) is 11.9 Å². The zero-order valence-electron chi connectivity index (χ0n) is 8.68. The first-order valence-corrected chi connectivity index (χ1v) is 5.99. The molecule has 15 heavy (non-hydrogen) atoms. The number of rotatable bonds is 3. The highest BCUT2D eigenvalue weighted by molar-refractivity contribution is 9.10. The molecule has 0 aliphatic rings. The average Bonchev–Trinajstić information content (AvgIpc) is 2.16. The molecule has 1 amide bonds. The van der Waals surface area contributed by atoms with E-state index in [1.165, 1.54) is 0 Å². The fourth-order valence-corrected chi connectivity index (χ4v) is 1.90. The van der Waals surface area contributed by atoms with E-state index in [9.17, 15) is 4.79 Å². The van der Waals surface area contributed by atoms with Gasteiger partial charge in [0.15, 0.2) is 0 Å². The van der Waals surface area contributed by atoms with Crippen molar-refractivity contribution in [3.8, 4) is 0 Å². The number of aryl methyl sites for hydroxylation is 1. The Morgan fingerprint density at radius 2 is 2.20 bits per heavy atom. The van der Waals surface area contributed by atoms with Gasteiger partial charge >= 0.3 is 0 Å². The summed E-state index contributed by atoms with van der Waals surface area (Å²) in [5.41, 5.74) is 1.70. The molecule has 1 atom stereocenters. The Labute approximate surface area is 103 Å². The second-order valence-electron chi connectivity index (χ2n) is 3.55. The normalized spacial score (nSPS) is 12.3. The summed E-state index contributed by atoms with van der Waals surface area (Å²) in [6.45, 7) is 3.82. The van der Waals surface area contributed by atoms with Crippen LogP contribution in [0.1, 0.15) is 22.8 Å². The Morgan fingerprint density at radius 3 is 2.73 bits per heavy atom. The highest BCUT2D eigenvalue weighted by atomic mass is 79.9. The first-order chi connectivity index (χ1) is 7.02. The van der Waals surface area contributed by atoms with Crippen LogP contribution in [-0.2, 0) is 0 Å². The number of amides is 1. The minimum absolute atomic E-state index is 0.0153. The summed E-state index contributed by atoms with van der Waals surface area (Å²) in [7, 11) is 0. The number of carbonyl (C=O) groups is 1. The number of benzene rings is 1. The molecule has 0 saturated heterocycles. The average molecular weight is 291 g/mol. The lowest BCUT2D eigenvalue weighted by molar-refractivity contribution is 0.0943. The third-order valence-electron chi connectivity index (χ3n) is 1.91. The number of halogens is 2. The first-order valence-electron chi connectivity index (χ1n) is 4.67. The lowest BCUT2D eigenvalue weighted by Crippen LogP contribution is -2.33. The van der Waals surface area contributed by atoms with E-state index in [4.69, 9.17) is 11.6 Å². The Balaban J connectivity index is 2.82. The van der Waals surface area contributed by atoms with Gasteiger partial charge in [0.05, 0.1) is 0 Å². The van der Waals surface area contributed by atoms with Crippen LogP contribution < -0.4 is 5.32 Å². The first kappa shape index (κ1) is 12.5. The maximum atomic E-state index is 11.7. The third-order valence-corrected chi connectivity index (χ3v) is 2.83. The summed E-state index contributed by atoms with van der Waals surface area (Å²) in [6.07, 6.45) is 0. The van der Waals surface area contributed by atoms with Crippen LogP contribution in [-0.4, -0.2) is 17.8 Å². The van der Waals surface area contributed by atoms with E-state index in [0.717, 1.165) is 10.0 Å². The molecule has 0 bridgehead atoms. The standard InChI is InChI=1S/C11H13BrClNO/c1-7-3-9(5-10(12)4-7)11(15)14-8(2)6-13/h3-5,8H,6H2,1-2H3,(H,14,15). The van der Waals surface area contributed by atoms with Crippen molar-refractivity contribution in [2.75, 3.05) is 5.88 Å². The molecule has 1 aromatic carbocycles. The molecular formula is C11H13BrClNO. The molecule has 1 aromatic rings. The molecule has 2 nitrogen and oxygen atoms in total. The maximum Gasteiger partial charge on any atom is 0.251 e. The quantitative estimate of drug-likeness (QED) is 0.852. The van der Waals surface area contributed by atoms with Crippen LogP contribution in [0, 0.1) is 6.92 Å². The molecule has 0 aromatic heterocycles. The highest BCUT2D eigenvalue weighted by Gasteiger charge is 2.09. The van der Waals surface area contributed by atoms with Gasteiger partial charge in [0.2, 0.25) is 0 Å². The van der Waals surface area contributed by atoms with Crippen molar-refractivity contribution in [2.45, 2.75) is 19.9 Å². The van der Waals surface area contributed by atoms with Crippen molar-refractivity contribution in [1.29, 1.82) is 0 Å². The smallest absolute Gasteiger partial charge is 0.251 e. The summed E-state index contributed by atoms with van der Waals surface area (Å²) < 4.78 is 0.908. The van der Waals surface area contributed by atoms with Gasteiger partial charge in [0.1, 0.15) is 0 Å². The number of alkyl halides is 1. The van der Waals surface area contributed by atoms with Gasteiger partial charge in [0, 0.05) is 22.0 Å². The van der Waals surface area contributed by atoms with Crippen molar-refractivity contribution in [1.82, 2.24) is 5.32 Å². The molecule has 1 N–H and O–H groups in total. The van der Waals surface area contributed by atoms with E-state index in [0.29, 0.717) is 11.4 Å². The van der Waals surface area contributed by atoms with Gasteiger partial charge in [-0.2, -0.15) is 0 Å². The van der Waals surface area contributed by atoms with E-state index >= 15 is 0 Å². The number of hydrogen-bond acceptors (Lipinski definition) is 1. The summed E-state index contributed by atoms with van der Waals surface area (Å²) >= 11 is 8.98. The van der Waals surface area contributed by atoms with Crippen LogP contribution in [0.5, 0.6) is 0 Å². The van der Waals surface area contributed by atoms with Gasteiger partial charge in [0.25, 0.3) is 5.91 Å². The summed E-state index contributed by atoms with van der Waals surface area (Å²) in [6, 6.07) is 5.59. The topological polar surface area (TPSA) is 29.1 Å². The van der Waals surface area contributed by atoms with E-state index < -0.39 is 0 Å². The number of carbonyl (C=O) groups excluding carboxylic acids is 1. The Morgan fingerprint density at radius 1 is 1.53 bits per heavy atom. The molecule has 0 radical (unpaired) electrons. The van der Waals surface area contributed by atoms with Gasteiger partial charge in [-0.05, 0) is 37.6 Å². The number of nitrogens with one attached hydrogen (secondary N) is 1. The predicted molar refractivity (Wildman–Crippen MR) is 66.5 cm³/mol. The molecule has 0 heterocycles. The van der Waals surface area contributed by atoms with Crippen molar-refractivity contribution >= 4 is 33.4 Å². The highest BCUT2D eigenvalue weighted by Crippen LogP contribution is 2.15. The largest absolute Gasteiger partial charge is 0.348 e. The zero-order chi connectivity index (χ0) is 11.4. The van der Waals surface area contributed by atoms with E-state index in [1.54, 1.807) is 6.07 Å². The molecule has 82 valence electrons. The Bertz CT molecular complexity index is 347. The molecule has 4 heteroatoms. The fourth-order valence-electron chi connectivity index (χ4n) is 1.21. The molecule has 0 aliphatic carbocycles. The van der Waals surface area contributed by atoms with Gasteiger partial charge < -0.3 is 5.32 Å². The molecule has 1 rings (SSSR count). The molecule has 0 aliphatic heterocycles. The minimum atomic E-state index is -0.0902. The molecule has 0 spiro atoms. The minimum Gasteiger partial charge on any atom is -0.348 e. The zero-order valence-corrected chi connectivity index (χ0v) is 11.0. The van der Waals surface area contributed by atoms with E-state index in [2.05, 4.69) is 21.2 Å². The second-order valence-corrected chi connectivity index (χ2v) is 4.77. The van der Waals surface area contributed by atoms with Gasteiger partial charge in [-0.3, -0.25) is 4.79 Å². The van der Waals surface area contributed by atoms with Gasteiger partial charge in [-0.15, -0.1) is 11.6 Å². The van der Waals surface area contributed by atoms with Crippen molar-refractivity contribution in [2.24, 2.45) is 0 Å².